The average molecular weight is 356 g/mol. The quantitative estimate of drug-likeness (QED) is 0.539. The number of nitrogens with zero attached hydrogens (tertiary/aromatic N) is 3. The number of pyridine rings is 1. The molecule has 0 atom stereocenters. The number of amides is 1. The molecule has 0 spiro atoms. The molecular formula is C17H16N4OS2. The fourth-order valence-corrected chi connectivity index (χ4v) is 3.71. The van der Waals surface area contributed by atoms with E-state index in [0.29, 0.717) is 5.13 Å². The van der Waals surface area contributed by atoms with Gasteiger partial charge in [-0.1, -0.05) is 59.5 Å². The molecule has 0 unspecified atom stereocenters. The van der Waals surface area contributed by atoms with Crippen LogP contribution in [0.2, 0.25) is 0 Å². The van der Waals surface area contributed by atoms with Gasteiger partial charge in [-0.05, 0) is 24.1 Å². The van der Waals surface area contributed by atoms with Crippen molar-refractivity contribution in [2.24, 2.45) is 0 Å². The van der Waals surface area contributed by atoms with Gasteiger partial charge in [-0.2, -0.15) is 0 Å². The topological polar surface area (TPSA) is 67.8 Å². The van der Waals surface area contributed by atoms with Crippen molar-refractivity contribution in [3.05, 3.63) is 65.5 Å². The number of thioether (sulfide) groups is 1. The Labute approximate surface area is 148 Å². The zero-order valence-corrected chi connectivity index (χ0v) is 14.7. The van der Waals surface area contributed by atoms with E-state index in [1.54, 1.807) is 18.0 Å². The Hall–Kier alpha value is -2.25. The maximum atomic E-state index is 12.0. The third kappa shape index (κ3) is 4.87. The number of rotatable bonds is 6. The zero-order valence-electron chi connectivity index (χ0n) is 13.1. The van der Waals surface area contributed by atoms with Gasteiger partial charge >= 0.3 is 0 Å². The van der Waals surface area contributed by atoms with E-state index < -0.39 is 0 Å². The molecule has 0 saturated carbocycles. The molecule has 0 bridgehead atoms. The average Bonchev–Trinajstić information content (AvgIpc) is 3.03. The van der Waals surface area contributed by atoms with Crippen LogP contribution in [0.15, 0.2) is 53.0 Å². The van der Waals surface area contributed by atoms with Crippen LogP contribution in [0.25, 0.3) is 0 Å². The van der Waals surface area contributed by atoms with E-state index in [2.05, 4.69) is 32.6 Å². The lowest BCUT2D eigenvalue weighted by molar-refractivity contribution is -0.115. The first-order valence-corrected chi connectivity index (χ1v) is 9.21. The Morgan fingerprint density at radius 1 is 1.12 bits per heavy atom. The number of carbonyl (C=O) groups is 1. The fourth-order valence-electron chi connectivity index (χ4n) is 1.99. The molecular weight excluding hydrogens is 340 g/mol. The second-order valence-electron chi connectivity index (χ2n) is 5.18. The minimum atomic E-state index is -0.114. The lowest BCUT2D eigenvalue weighted by Gasteiger charge is -2.01. The number of nitrogens with one attached hydrogen (secondary N) is 1. The van der Waals surface area contributed by atoms with Gasteiger partial charge in [-0.15, -0.1) is 10.2 Å². The molecule has 2 aromatic heterocycles. The molecule has 0 aliphatic carbocycles. The van der Waals surface area contributed by atoms with Gasteiger partial charge in [-0.3, -0.25) is 9.78 Å². The highest BCUT2D eigenvalue weighted by Crippen LogP contribution is 2.28. The molecule has 3 rings (SSSR count). The van der Waals surface area contributed by atoms with Crippen LogP contribution in [0.1, 0.15) is 16.8 Å². The van der Waals surface area contributed by atoms with E-state index in [9.17, 15) is 4.79 Å². The number of anilines is 1. The summed E-state index contributed by atoms with van der Waals surface area (Å²) in [5.41, 5.74) is 3.04. The predicted molar refractivity (Wildman–Crippen MR) is 97.2 cm³/mol. The molecule has 0 radical (unpaired) electrons. The molecule has 1 aromatic carbocycles. The van der Waals surface area contributed by atoms with Crippen LogP contribution in [-0.2, 0) is 17.0 Å². The van der Waals surface area contributed by atoms with Crippen molar-refractivity contribution >= 4 is 34.1 Å². The monoisotopic (exact) mass is 356 g/mol. The molecule has 3 aromatic rings. The van der Waals surface area contributed by atoms with Crippen LogP contribution in [0.3, 0.4) is 0 Å². The Morgan fingerprint density at radius 2 is 1.96 bits per heavy atom. The number of hydrogen-bond donors (Lipinski definition) is 1. The van der Waals surface area contributed by atoms with Crippen molar-refractivity contribution in [3.8, 4) is 0 Å². The third-order valence-electron chi connectivity index (χ3n) is 3.20. The molecule has 24 heavy (non-hydrogen) atoms. The summed E-state index contributed by atoms with van der Waals surface area (Å²) in [5.74, 6) is 0.717. The van der Waals surface area contributed by atoms with E-state index in [-0.39, 0.29) is 12.3 Å². The fraction of sp³-hybridized carbons (Fsp3) is 0.176. The summed E-state index contributed by atoms with van der Waals surface area (Å²) in [6.07, 6.45) is 2.00. The largest absolute Gasteiger partial charge is 0.300 e. The minimum absolute atomic E-state index is 0.114. The molecule has 0 aliphatic rings. The summed E-state index contributed by atoms with van der Waals surface area (Å²) < 4.78 is 0.839. The molecule has 5 nitrogen and oxygen atoms in total. The smallest absolute Gasteiger partial charge is 0.230 e. The number of benzene rings is 1. The highest BCUT2D eigenvalue weighted by molar-refractivity contribution is 8.00. The highest BCUT2D eigenvalue weighted by atomic mass is 32.2. The summed E-state index contributed by atoms with van der Waals surface area (Å²) in [6, 6.07) is 14.0. The maximum absolute atomic E-state index is 12.0. The SMILES string of the molecule is Cc1ccc(CC(=O)Nc2nnc(SCc3ccccc3)s2)cn1. The van der Waals surface area contributed by atoms with Crippen LogP contribution in [0.4, 0.5) is 5.13 Å². The van der Waals surface area contributed by atoms with Crippen molar-refractivity contribution in [2.45, 2.75) is 23.4 Å². The van der Waals surface area contributed by atoms with Gasteiger partial charge in [0, 0.05) is 17.6 Å². The summed E-state index contributed by atoms with van der Waals surface area (Å²) in [5, 5.41) is 11.4. The van der Waals surface area contributed by atoms with Crippen molar-refractivity contribution in [3.63, 3.8) is 0 Å². The van der Waals surface area contributed by atoms with E-state index in [0.717, 1.165) is 21.3 Å². The van der Waals surface area contributed by atoms with Crippen LogP contribution >= 0.6 is 23.1 Å². The summed E-state index contributed by atoms with van der Waals surface area (Å²) in [7, 11) is 0. The molecule has 1 amide bonds. The molecule has 2 heterocycles. The van der Waals surface area contributed by atoms with E-state index >= 15 is 0 Å². The number of aromatic nitrogens is 3. The maximum Gasteiger partial charge on any atom is 0.230 e. The molecule has 0 aliphatic heterocycles. The summed E-state index contributed by atoms with van der Waals surface area (Å²) >= 11 is 3.00. The van der Waals surface area contributed by atoms with Gasteiger partial charge < -0.3 is 5.32 Å². The van der Waals surface area contributed by atoms with Crippen LogP contribution < -0.4 is 5.32 Å². The first-order valence-electron chi connectivity index (χ1n) is 7.40. The van der Waals surface area contributed by atoms with Gasteiger partial charge in [0.15, 0.2) is 4.34 Å². The predicted octanol–water partition coefficient (Wildman–Crippen LogP) is 3.72. The van der Waals surface area contributed by atoms with Crippen molar-refractivity contribution in [1.29, 1.82) is 0 Å². The number of aryl methyl sites for hydroxylation is 1. The molecule has 1 N–H and O–H groups in total. The van der Waals surface area contributed by atoms with Crippen LogP contribution in [-0.4, -0.2) is 21.1 Å². The molecule has 7 heteroatoms. The molecule has 0 fully saturated rings. The van der Waals surface area contributed by atoms with Gasteiger partial charge in [0.1, 0.15) is 0 Å². The number of carbonyl (C=O) groups excluding carboxylic acids is 1. The van der Waals surface area contributed by atoms with Gasteiger partial charge in [0.05, 0.1) is 6.42 Å². The number of hydrogen-bond acceptors (Lipinski definition) is 6. The lowest BCUT2D eigenvalue weighted by atomic mass is 10.2. The summed E-state index contributed by atoms with van der Waals surface area (Å²) in [6.45, 7) is 1.92. The molecule has 122 valence electrons. The summed E-state index contributed by atoms with van der Waals surface area (Å²) in [4.78, 5) is 16.2. The lowest BCUT2D eigenvalue weighted by Crippen LogP contribution is -2.14. The van der Waals surface area contributed by atoms with E-state index in [1.807, 2.05) is 37.3 Å². The Bertz CT molecular complexity index is 803. The minimum Gasteiger partial charge on any atom is -0.300 e. The van der Waals surface area contributed by atoms with Gasteiger partial charge in [0.25, 0.3) is 0 Å². The third-order valence-corrected chi connectivity index (χ3v) is 5.24. The van der Waals surface area contributed by atoms with Crippen molar-refractivity contribution < 1.29 is 4.79 Å². The first kappa shape index (κ1) is 16.6. The van der Waals surface area contributed by atoms with Crippen LogP contribution in [0.5, 0.6) is 0 Å². The van der Waals surface area contributed by atoms with Gasteiger partial charge in [-0.25, -0.2) is 0 Å². The normalized spacial score (nSPS) is 10.5. The van der Waals surface area contributed by atoms with Crippen molar-refractivity contribution in [2.75, 3.05) is 5.32 Å². The Morgan fingerprint density at radius 3 is 2.71 bits per heavy atom. The first-order chi connectivity index (χ1) is 11.7. The zero-order chi connectivity index (χ0) is 16.8. The highest BCUT2D eigenvalue weighted by Gasteiger charge is 2.09. The van der Waals surface area contributed by atoms with Crippen LogP contribution in [0, 0.1) is 6.92 Å². The Balaban J connectivity index is 1.51. The second-order valence-corrected chi connectivity index (χ2v) is 7.38. The second kappa shape index (κ2) is 8.03. The van der Waals surface area contributed by atoms with Gasteiger partial charge in [0.2, 0.25) is 11.0 Å². The molecule has 0 saturated heterocycles. The van der Waals surface area contributed by atoms with E-state index in [4.69, 9.17) is 0 Å². The van der Waals surface area contributed by atoms with E-state index in [1.165, 1.54) is 16.9 Å². The van der Waals surface area contributed by atoms with Crippen molar-refractivity contribution in [1.82, 2.24) is 15.2 Å². The Kier molecular flexibility index (Phi) is 5.55. The standard InChI is InChI=1S/C17H16N4OS2/c1-12-7-8-14(10-18-12)9-15(22)19-16-20-21-17(24-16)23-11-13-5-3-2-4-6-13/h2-8,10H,9,11H2,1H3,(H,19,20,22).